The topological polar surface area (TPSA) is 98.2 Å². The molecule has 1 saturated heterocycles. The number of aliphatic hydroxyl groups excluding tert-OH is 2. The van der Waals surface area contributed by atoms with E-state index in [1.807, 2.05) is 6.07 Å². The van der Waals surface area contributed by atoms with Crippen molar-refractivity contribution < 1.29 is 24.1 Å². The molecule has 220 valence electrons. The summed E-state index contributed by atoms with van der Waals surface area (Å²) in [5, 5.41) is 21.8. The van der Waals surface area contributed by atoms with Gasteiger partial charge in [0.15, 0.2) is 16.7 Å². The Morgan fingerprint density at radius 1 is 1.15 bits per heavy atom. The number of nitrogens with one attached hydrogen (secondary N) is 1. The van der Waals surface area contributed by atoms with Gasteiger partial charge in [-0.2, -0.15) is 0 Å². The zero-order valence-corrected chi connectivity index (χ0v) is 24.7. The van der Waals surface area contributed by atoms with Crippen molar-refractivity contribution in [3.63, 3.8) is 0 Å². The van der Waals surface area contributed by atoms with Gasteiger partial charge in [-0.15, -0.1) is 0 Å². The van der Waals surface area contributed by atoms with E-state index in [-0.39, 0.29) is 23.7 Å². The molecule has 0 bridgehead atoms. The molecule has 2 aliphatic heterocycles. The van der Waals surface area contributed by atoms with Gasteiger partial charge in [0.1, 0.15) is 10.5 Å². The molecule has 2 aliphatic rings. The first kappa shape index (κ1) is 29.3. The van der Waals surface area contributed by atoms with Crippen molar-refractivity contribution >= 4 is 28.1 Å². The first-order valence-electron chi connectivity index (χ1n) is 14.2. The number of para-hydroxylation sites is 1. The molecule has 0 unspecified atom stereocenters. The van der Waals surface area contributed by atoms with Crippen LogP contribution in [-0.2, 0) is 12.0 Å². The van der Waals surface area contributed by atoms with Crippen molar-refractivity contribution in [3.05, 3.63) is 70.5 Å². The molecule has 1 fully saturated rings. The maximum atomic E-state index is 15.2. The van der Waals surface area contributed by atoms with Crippen molar-refractivity contribution in [3.8, 4) is 5.75 Å². The number of hydrogen-bond acceptors (Lipinski definition) is 8. The summed E-state index contributed by atoms with van der Waals surface area (Å²) in [5.41, 5.74) is 2.84. The van der Waals surface area contributed by atoms with Crippen LogP contribution in [0.3, 0.4) is 0 Å². The van der Waals surface area contributed by atoms with Crippen LogP contribution >= 0.6 is 11.3 Å². The van der Waals surface area contributed by atoms with Gasteiger partial charge in [-0.05, 0) is 28.7 Å². The number of ether oxygens (including phenoxy) is 1. The number of thiazole rings is 1. The van der Waals surface area contributed by atoms with Crippen LogP contribution in [0.25, 0.3) is 0 Å². The van der Waals surface area contributed by atoms with Crippen LogP contribution in [0.4, 0.5) is 15.2 Å². The van der Waals surface area contributed by atoms with E-state index >= 15 is 4.39 Å². The lowest BCUT2D eigenvalue weighted by atomic mass is 9.86. The van der Waals surface area contributed by atoms with E-state index in [2.05, 4.69) is 65.1 Å². The number of carbonyl (C=O) groups is 1. The molecule has 1 aromatic heterocycles. The Labute approximate surface area is 244 Å². The summed E-state index contributed by atoms with van der Waals surface area (Å²) in [6.45, 7) is 8.95. The normalized spacial score (nSPS) is 17.5. The predicted octanol–water partition coefficient (Wildman–Crippen LogP) is 4.49. The molecule has 3 N–H and O–H groups in total. The number of amides is 1. The third-order valence-corrected chi connectivity index (χ3v) is 9.06. The smallest absolute Gasteiger partial charge is 0.263 e. The minimum atomic E-state index is -0.996. The first-order chi connectivity index (χ1) is 19.6. The lowest BCUT2D eigenvalue weighted by Crippen LogP contribution is -2.48. The van der Waals surface area contributed by atoms with Crippen molar-refractivity contribution in [1.82, 2.24) is 10.3 Å². The van der Waals surface area contributed by atoms with E-state index in [0.29, 0.717) is 43.1 Å². The molecule has 0 saturated carbocycles. The van der Waals surface area contributed by atoms with Crippen molar-refractivity contribution in [2.24, 2.45) is 0 Å². The largest absolute Gasteiger partial charge is 0.482 e. The number of nitrogens with zero attached hydrogens (tertiary/aromatic N) is 3. The predicted molar refractivity (Wildman–Crippen MR) is 160 cm³/mol. The molecule has 1 amide bonds. The highest BCUT2D eigenvalue weighted by Crippen LogP contribution is 2.43. The van der Waals surface area contributed by atoms with Gasteiger partial charge in [0.05, 0.1) is 24.6 Å². The van der Waals surface area contributed by atoms with Crippen LogP contribution in [0, 0.1) is 5.82 Å². The Balaban J connectivity index is 1.27. The van der Waals surface area contributed by atoms with E-state index in [9.17, 15) is 9.90 Å². The molecule has 1 atom stereocenters. The number of fused-ring (bicyclic) bond motifs is 1. The number of rotatable bonds is 7. The van der Waals surface area contributed by atoms with E-state index in [1.165, 1.54) is 34.7 Å². The zero-order chi connectivity index (χ0) is 29.2. The highest BCUT2D eigenvalue weighted by molar-refractivity contribution is 7.17. The van der Waals surface area contributed by atoms with Gasteiger partial charge >= 0.3 is 0 Å². The molecule has 0 radical (unpaired) electrons. The number of carbonyl (C=O) groups excluding carboxylic acids is 1. The molecule has 0 aliphatic carbocycles. The number of aliphatic hydroxyl groups is 2. The summed E-state index contributed by atoms with van der Waals surface area (Å²) >= 11 is 1.29. The van der Waals surface area contributed by atoms with E-state index in [0.717, 1.165) is 23.8 Å². The van der Waals surface area contributed by atoms with Gasteiger partial charge in [0, 0.05) is 52.0 Å². The quantitative estimate of drug-likeness (QED) is 0.378. The summed E-state index contributed by atoms with van der Waals surface area (Å²) in [5.74, 6) is -0.355. The molecule has 1 spiro atoms. The summed E-state index contributed by atoms with van der Waals surface area (Å²) in [7, 11) is 0. The average Bonchev–Trinajstić information content (AvgIpc) is 3.40. The Kier molecular flexibility index (Phi) is 8.54. The van der Waals surface area contributed by atoms with Crippen LogP contribution in [0.2, 0.25) is 0 Å². The third-order valence-electron chi connectivity index (χ3n) is 8.01. The third kappa shape index (κ3) is 6.66. The molecule has 41 heavy (non-hydrogen) atoms. The highest BCUT2D eigenvalue weighted by atomic mass is 32.1. The SMILES string of the molecule is CC(C)(C)c1ccc(CN2CCC3(CCN(c4ncc(C(=O)NC[C@@H](O)CO)s4)CC3)Oc3c(F)cccc32)cc1. The monoisotopic (exact) mass is 582 g/mol. The summed E-state index contributed by atoms with van der Waals surface area (Å²) in [4.78, 5) is 21.7. The van der Waals surface area contributed by atoms with Crippen LogP contribution < -0.4 is 19.9 Å². The Morgan fingerprint density at radius 2 is 1.85 bits per heavy atom. The second kappa shape index (κ2) is 12.0. The Hall–Kier alpha value is -3.21. The molecular formula is C31H39FN4O4S. The molecular weight excluding hydrogens is 543 g/mol. The summed E-state index contributed by atoms with van der Waals surface area (Å²) in [6, 6.07) is 13.8. The van der Waals surface area contributed by atoms with Crippen molar-refractivity contribution in [2.75, 3.05) is 42.6 Å². The maximum Gasteiger partial charge on any atom is 0.263 e. The summed E-state index contributed by atoms with van der Waals surface area (Å²) in [6.07, 6.45) is 2.72. The summed E-state index contributed by atoms with van der Waals surface area (Å²) < 4.78 is 21.8. The van der Waals surface area contributed by atoms with Gasteiger partial charge in [-0.1, -0.05) is 62.4 Å². The highest BCUT2D eigenvalue weighted by Gasteiger charge is 2.41. The van der Waals surface area contributed by atoms with E-state index in [1.54, 1.807) is 6.07 Å². The van der Waals surface area contributed by atoms with Crippen LogP contribution in [0.1, 0.15) is 60.8 Å². The maximum absolute atomic E-state index is 15.2. The second-order valence-corrected chi connectivity index (χ2v) is 13.0. The number of piperidine rings is 1. The average molecular weight is 583 g/mol. The zero-order valence-electron chi connectivity index (χ0n) is 23.9. The Bertz CT molecular complexity index is 1350. The lowest BCUT2D eigenvalue weighted by molar-refractivity contribution is 0.0375. The first-order valence-corrected chi connectivity index (χ1v) is 15.0. The van der Waals surface area contributed by atoms with Crippen LogP contribution in [-0.4, -0.2) is 65.6 Å². The van der Waals surface area contributed by atoms with E-state index in [4.69, 9.17) is 9.84 Å². The minimum absolute atomic E-state index is 0.0244. The molecule has 8 nitrogen and oxygen atoms in total. The molecule has 10 heteroatoms. The van der Waals surface area contributed by atoms with Gasteiger partial charge in [-0.3, -0.25) is 4.79 Å². The number of aromatic nitrogens is 1. The number of hydrogen-bond donors (Lipinski definition) is 3. The fraction of sp³-hybridized carbons (Fsp3) is 0.484. The fourth-order valence-corrected chi connectivity index (χ4v) is 6.29. The fourth-order valence-electron chi connectivity index (χ4n) is 5.40. The van der Waals surface area contributed by atoms with Gasteiger partial charge in [0.25, 0.3) is 5.91 Å². The second-order valence-electron chi connectivity index (χ2n) is 12.0. The van der Waals surface area contributed by atoms with E-state index < -0.39 is 18.3 Å². The molecule has 3 heterocycles. The van der Waals surface area contributed by atoms with Crippen molar-refractivity contribution in [2.45, 2.75) is 63.7 Å². The van der Waals surface area contributed by atoms with Crippen LogP contribution in [0.5, 0.6) is 5.75 Å². The van der Waals surface area contributed by atoms with Gasteiger partial charge < -0.3 is 30.1 Å². The minimum Gasteiger partial charge on any atom is -0.482 e. The van der Waals surface area contributed by atoms with Crippen molar-refractivity contribution in [1.29, 1.82) is 0 Å². The number of halogens is 1. The van der Waals surface area contributed by atoms with Gasteiger partial charge in [0.2, 0.25) is 0 Å². The lowest BCUT2D eigenvalue weighted by Gasteiger charge is -2.41. The van der Waals surface area contributed by atoms with Gasteiger partial charge in [-0.25, -0.2) is 9.37 Å². The molecule has 3 aromatic rings. The Morgan fingerprint density at radius 3 is 2.54 bits per heavy atom. The molecule has 2 aromatic carbocycles. The molecule has 5 rings (SSSR count). The van der Waals surface area contributed by atoms with Crippen LogP contribution in [0.15, 0.2) is 48.7 Å². The standard InChI is InChI=1S/C31H39FN4O4S/c1-30(2,3)22-9-7-21(8-10-22)19-36-16-13-31(40-27-24(32)5-4-6-25(27)36)11-14-35(15-12-31)29-34-18-26(41-29)28(39)33-17-23(38)20-37/h4-10,18,23,37-38H,11-17,19-20H2,1-3H3,(H,33,39)/t23-/m1/s1. The number of anilines is 2. The number of benzene rings is 2.